The summed E-state index contributed by atoms with van der Waals surface area (Å²) in [5.41, 5.74) is 0. The van der Waals surface area contributed by atoms with E-state index in [4.69, 9.17) is 0 Å². The van der Waals surface area contributed by atoms with Crippen LogP contribution in [0, 0.1) is 6.92 Å². The Morgan fingerprint density at radius 2 is 1.94 bits per heavy atom. The summed E-state index contributed by atoms with van der Waals surface area (Å²) in [6, 6.07) is 4.22. The molecule has 3 heteroatoms. The molecule has 1 aromatic rings. The molecule has 0 spiro atoms. The minimum Gasteiger partial charge on any atom is -0.390 e. The van der Waals surface area contributed by atoms with Crippen molar-refractivity contribution in [2.75, 3.05) is 0 Å². The van der Waals surface area contributed by atoms with Gasteiger partial charge in [0, 0.05) is 9.75 Å². The molecule has 0 amide bonds. The van der Waals surface area contributed by atoms with Crippen molar-refractivity contribution in [1.82, 2.24) is 0 Å². The minimum atomic E-state index is -0.600. The second-order valence-electron chi connectivity index (χ2n) is 4.51. The molecule has 2 N–H and O–H groups in total. The molecule has 3 unspecified atom stereocenters. The molecular weight excluding hydrogens is 220 g/mol. The minimum absolute atomic E-state index is 0.320. The number of aliphatic hydroxyl groups excluding tert-OH is 2. The number of hydrogen-bond donors (Lipinski definition) is 2. The van der Waals surface area contributed by atoms with Gasteiger partial charge in [0.1, 0.15) is 0 Å². The van der Waals surface area contributed by atoms with Crippen LogP contribution in [-0.4, -0.2) is 22.4 Å². The molecule has 0 fully saturated rings. The second kappa shape index (κ2) is 6.38. The van der Waals surface area contributed by atoms with Gasteiger partial charge in [-0.15, -0.1) is 11.3 Å². The predicted octanol–water partition coefficient (Wildman–Crippen LogP) is 3.07. The van der Waals surface area contributed by atoms with Crippen molar-refractivity contribution in [3.8, 4) is 0 Å². The van der Waals surface area contributed by atoms with Crippen LogP contribution in [0.4, 0.5) is 0 Å². The van der Waals surface area contributed by atoms with Crippen LogP contribution in [0.2, 0.25) is 0 Å². The van der Waals surface area contributed by atoms with Crippen molar-refractivity contribution < 1.29 is 10.2 Å². The van der Waals surface area contributed by atoms with Gasteiger partial charge in [0.05, 0.1) is 12.2 Å². The predicted molar refractivity (Wildman–Crippen MR) is 69.0 cm³/mol. The fourth-order valence-electron chi connectivity index (χ4n) is 1.84. The van der Waals surface area contributed by atoms with Crippen LogP contribution >= 0.6 is 11.3 Å². The normalized spacial score (nSPS) is 17.1. The lowest BCUT2D eigenvalue weighted by molar-refractivity contribution is 0.00653. The smallest absolute Gasteiger partial charge is 0.0805 e. The van der Waals surface area contributed by atoms with Gasteiger partial charge in [-0.3, -0.25) is 0 Å². The van der Waals surface area contributed by atoms with Gasteiger partial charge in [-0.1, -0.05) is 20.3 Å². The molecule has 3 atom stereocenters. The van der Waals surface area contributed by atoms with Crippen LogP contribution in [0.1, 0.15) is 48.8 Å². The first-order valence-electron chi connectivity index (χ1n) is 5.97. The Labute approximate surface area is 102 Å². The molecule has 1 heterocycles. The molecule has 0 radical (unpaired) electrons. The molecule has 0 aliphatic carbocycles. The van der Waals surface area contributed by atoms with Crippen molar-refractivity contribution in [1.29, 1.82) is 0 Å². The highest BCUT2D eigenvalue weighted by atomic mass is 32.1. The van der Waals surface area contributed by atoms with Gasteiger partial charge in [0.2, 0.25) is 0 Å². The molecule has 0 saturated heterocycles. The Morgan fingerprint density at radius 1 is 1.25 bits per heavy atom. The zero-order chi connectivity index (χ0) is 12.1. The maximum Gasteiger partial charge on any atom is 0.0805 e. The topological polar surface area (TPSA) is 40.5 Å². The summed E-state index contributed by atoms with van der Waals surface area (Å²) in [6.07, 6.45) is 1.05. The lowest BCUT2D eigenvalue weighted by Crippen LogP contribution is -2.26. The summed E-state index contributed by atoms with van der Waals surface area (Å²) in [7, 11) is 0. The third kappa shape index (κ3) is 3.89. The van der Waals surface area contributed by atoms with Gasteiger partial charge in [-0.25, -0.2) is 0 Å². The first kappa shape index (κ1) is 13.7. The van der Waals surface area contributed by atoms with E-state index in [0.717, 1.165) is 6.42 Å². The lowest BCUT2D eigenvalue weighted by atomic mass is 9.97. The summed E-state index contributed by atoms with van der Waals surface area (Å²) in [6.45, 7) is 6.21. The average Bonchev–Trinajstić information content (AvgIpc) is 2.65. The zero-order valence-electron chi connectivity index (χ0n) is 10.3. The van der Waals surface area contributed by atoms with Crippen LogP contribution < -0.4 is 0 Å². The number of thiophene rings is 1. The van der Waals surface area contributed by atoms with Gasteiger partial charge in [-0.2, -0.15) is 0 Å². The van der Waals surface area contributed by atoms with Gasteiger partial charge >= 0.3 is 0 Å². The van der Waals surface area contributed by atoms with Crippen molar-refractivity contribution in [2.45, 2.75) is 58.2 Å². The van der Waals surface area contributed by atoms with Gasteiger partial charge < -0.3 is 10.2 Å². The maximum atomic E-state index is 9.84. The molecule has 1 aromatic heterocycles. The number of hydrogen-bond acceptors (Lipinski definition) is 3. The molecule has 0 saturated carbocycles. The van der Waals surface area contributed by atoms with Gasteiger partial charge in [-0.05, 0) is 37.8 Å². The first-order chi connectivity index (χ1) is 7.54. The molecule has 0 aliphatic rings. The Hall–Kier alpha value is -0.380. The van der Waals surface area contributed by atoms with E-state index in [2.05, 4.69) is 26.0 Å². The maximum absolute atomic E-state index is 9.84. The summed E-state index contributed by atoms with van der Waals surface area (Å²) >= 11 is 1.77. The van der Waals surface area contributed by atoms with Crippen LogP contribution in [0.5, 0.6) is 0 Å². The van der Waals surface area contributed by atoms with E-state index in [-0.39, 0.29) is 0 Å². The molecule has 0 bridgehead atoms. The average molecular weight is 242 g/mol. The fraction of sp³-hybridized carbons (Fsp3) is 0.692. The first-order valence-corrected chi connectivity index (χ1v) is 6.78. The lowest BCUT2D eigenvalue weighted by Gasteiger charge is -2.20. The Kier molecular flexibility index (Phi) is 5.46. The number of aryl methyl sites for hydroxylation is 1. The van der Waals surface area contributed by atoms with E-state index in [1.807, 2.05) is 6.92 Å². The van der Waals surface area contributed by atoms with Crippen molar-refractivity contribution in [2.24, 2.45) is 0 Å². The van der Waals surface area contributed by atoms with Crippen molar-refractivity contribution in [3.05, 3.63) is 21.9 Å². The van der Waals surface area contributed by atoms with E-state index in [1.54, 1.807) is 11.3 Å². The zero-order valence-corrected chi connectivity index (χ0v) is 11.1. The largest absolute Gasteiger partial charge is 0.390 e. The van der Waals surface area contributed by atoms with Crippen LogP contribution in [0.3, 0.4) is 0 Å². The van der Waals surface area contributed by atoms with E-state index in [9.17, 15) is 10.2 Å². The number of rotatable bonds is 6. The third-order valence-corrected chi connectivity index (χ3v) is 4.10. The molecule has 0 aromatic carbocycles. The molecule has 2 nitrogen and oxygen atoms in total. The highest BCUT2D eigenvalue weighted by molar-refractivity contribution is 7.12. The van der Waals surface area contributed by atoms with Crippen LogP contribution in [0.15, 0.2) is 12.1 Å². The third-order valence-electron chi connectivity index (χ3n) is 2.87. The quantitative estimate of drug-likeness (QED) is 0.805. The summed E-state index contributed by atoms with van der Waals surface area (Å²) in [4.78, 5) is 2.59. The standard InChI is InChI=1S/C13H22O2S/c1-4-5-11(14)12(15)8-9(2)13-7-6-10(3)16-13/h6-7,9,11-12,14-15H,4-5,8H2,1-3H3. The van der Waals surface area contributed by atoms with E-state index >= 15 is 0 Å². The SMILES string of the molecule is CCCC(O)C(O)CC(C)c1ccc(C)s1. The van der Waals surface area contributed by atoms with Gasteiger partial charge in [0.15, 0.2) is 0 Å². The van der Waals surface area contributed by atoms with E-state index in [1.165, 1.54) is 9.75 Å². The molecule has 16 heavy (non-hydrogen) atoms. The highest BCUT2D eigenvalue weighted by Gasteiger charge is 2.19. The Balaban J connectivity index is 2.47. The van der Waals surface area contributed by atoms with Crippen molar-refractivity contribution in [3.63, 3.8) is 0 Å². The van der Waals surface area contributed by atoms with E-state index in [0.29, 0.717) is 18.8 Å². The summed E-state index contributed by atoms with van der Waals surface area (Å²) in [5.74, 6) is 0.320. The highest BCUT2D eigenvalue weighted by Crippen LogP contribution is 2.28. The van der Waals surface area contributed by atoms with Crippen molar-refractivity contribution >= 4 is 11.3 Å². The van der Waals surface area contributed by atoms with Crippen LogP contribution in [0.25, 0.3) is 0 Å². The van der Waals surface area contributed by atoms with Crippen LogP contribution in [-0.2, 0) is 0 Å². The van der Waals surface area contributed by atoms with Gasteiger partial charge in [0.25, 0.3) is 0 Å². The molecule has 92 valence electrons. The number of aliphatic hydroxyl groups is 2. The molecule has 1 rings (SSSR count). The summed E-state index contributed by atoms with van der Waals surface area (Å²) in [5, 5.41) is 19.5. The molecular formula is C13H22O2S. The Morgan fingerprint density at radius 3 is 2.44 bits per heavy atom. The summed E-state index contributed by atoms with van der Waals surface area (Å²) < 4.78 is 0. The fourth-order valence-corrected chi connectivity index (χ4v) is 2.78. The second-order valence-corrected chi connectivity index (χ2v) is 5.83. The van der Waals surface area contributed by atoms with E-state index < -0.39 is 12.2 Å². The molecule has 0 aliphatic heterocycles. The monoisotopic (exact) mass is 242 g/mol. The Bertz CT molecular complexity index is 309.